The summed E-state index contributed by atoms with van der Waals surface area (Å²) in [6, 6.07) is 5.93. The molecule has 3 rings (SSSR count). The third-order valence-corrected chi connectivity index (χ3v) is 4.68. The molecule has 2 aliphatic heterocycles. The fraction of sp³-hybridized carbons (Fsp3) is 0.533. The summed E-state index contributed by atoms with van der Waals surface area (Å²) in [5.41, 5.74) is 1.19. The Kier molecular flexibility index (Phi) is 4.19. The van der Waals surface area contributed by atoms with E-state index in [4.69, 9.17) is 9.47 Å². The number of benzene rings is 1. The van der Waals surface area contributed by atoms with Gasteiger partial charge in [0.2, 0.25) is 0 Å². The van der Waals surface area contributed by atoms with E-state index in [0.717, 1.165) is 16.6 Å². The molecule has 0 aliphatic carbocycles. The van der Waals surface area contributed by atoms with Gasteiger partial charge < -0.3 is 14.6 Å². The number of carboxylic acid groups (broad SMARTS) is 1. The molecule has 5 nitrogen and oxygen atoms in total. The molecule has 0 saturated carbocycles. The van der Waals surface area contributed by atoms with E-state index in [0.29, 0.717) is 19.8 Å². The number of ether oxygens (including phenoxy) is 2. The molecule has 0 bridgehead atoms. The highest BCUT2D eigenvalue weighted by Gasteiger charge is 2.38. The fourth-order valence-corrected chi connectivity index (χ4v) is 3.47. The summed E-state index contributed by atoms with van der Waals surface area (Å²) >= 11 is 3.47. The minimum absolute atomic E-state index is 0.0642. The van der Waals surface area contributed by atoms with Gasteiger partial charge in [-0.15, -0.1) is 0 Å². The Balaban J connectivity index is 1.62. The predicted molar refractivity (Wildman–Crippen MR) is 80.6 cm³/mol. The molecule has 1 aromatic rings. The molecule has 21 heavy (non-hydrogen) atoms. The summed E-state index contributed by atoms with van der Waals surface area (Å²) in [5.74, 6) is -0.314. The second-order valence-electron chi connectivity index (χ2n) is 5.69. The van der Waals surface area contributed by atoms with Crippen molar-refractivity contribution in [2.45, 2.75) is 18.6 Å². The largest absolute Gasteiger partial charge is 0.488 e. The zero-order valence-corrected chi connectivity index (χ0v) is 13.4. The number of carboxylic acids is 1. The van der Waals surface area contributed by atoms with Crippen molar-refractivity contribution in [3.8, 4) is 5.75 Å². The first-order valence-electron chi connectivity index (χ1n) is 7.00. The number of nitrogens with zero attached hydrogens (tertiary/aromatic N) is 1. The normalized spacial score (nSPS) is 27.7. The Labute approximate surface area is 132 Å². The highest BCUT2D eigenvalue weighted by atomic mass is 79.9. The first-order chi connectivity index (χ1) is 10.0. The number of halogens is 1. The van der Waals surface area contributed by atoms with Crippen molar-refractivity contribution in [3.05, 3.63) is 28.2 Å². The van der Waals surface area contributed by atoms with Crippen molar-refractivity contribution in [2.24, 2.45) is 5.92 Å². The van der Waals surface area contributed by atoms with Crippen molar-refractivity contribution in [2.75, 3.05) is 26.8 Å². The molecular weight excluding hydrogens is 338 g/mol. The SMILES string of the molecule is CN(CC1Cc2cc(Br)ccc2O1)C1COCC1C(=O)O. The number of rotatable bonds is 4. The number of carbonyl (C=O) groups is 1. The highest BCUT2D eigenvalue weighted by Crippen LogP contribution is 2.32. The molecule has 1 fully saturated rings. The molecule has 1 aromatic carbocycles. The van der Waals surface area contributed by atoms with Crippen molar-refractivity contribution < 1.29 is 19.4 Å². The number of fused-ring (bicyclic) bond motifs is 1. The summed E-state index contributed by atoms with van der Waals surface area (Å²) in [6.45, 7) is 1.46. The fourth-order valence-electron chi connectivity index (χ4n) is 3.06. The Hall–Kier alpha value is -1.11. The lowest BCUT2D eigenvalue weighted by molar-refractivity contribution is -0.143. The molecule has 114 valence electrons. The van der Waals surface area contributed by atoms with Crippen LogP contribution < -0.4 is 4.74 Å². The van der Waals surface area contributed by atoms with Crippen LogP contribution in [0.2, 0.25) is 0 Å². The maximum absolute atomic E-state index is 11.2. The predicted octanol–water partition coefficient (Wildman–Crippen LogP) is 1.78. The van der Waals surface area contributed by atoms with E-state index in [2.05, 4.69) is 26.9 Å². The van der Waals surface area contributed by atoms with Crippen LogP contribution in [0, 0.1) is 5.92 Å². The van der Waals surface area contributed by atoms with Crippen LogP contribution >= 0.6 is 15.9 Å². The molecule has 1 N–H and O–H groups in total. The Morgan fingerprint density at radius 1 is 1.48 bits per heavy atom. The average Bonchev–Trinajstić information content (AvgIpc) is 3.03. The van der Waals surface area contributed by atoms with E-state index < -0.39 is 11.9 Å². The maximum atomic E-state index is 11.2. The van der Waals surface area contributed by atoms with Gasteiger partial charge >= 0.3 is 5.97 Å². The summed E-state index contributed by atoms with van der Waals surface area (Å²) < 4.78 is 12.3. The van der Waals surface area contributed by atoms with Crippen molar-refractivity contribution in [1.82, 2.24) is 4.90 Å². The first-order valence-corrected chi connectivity index (χ1v) is 7.80. The zero-order valence-electron chi connectivity index (χ0n) is 11.8. The minimum atomic E-state index is -0.788. The van der Waals surface area contributed by atoms with E-state index in [1.165, 1.54) is 5.56 Å². The third-order valence-electron chi connectivity index (χ3n) is 4.19. The van der Waals surface area contributed by atoms with Gasteiger partial charge in [0.15, 0.2) is 0 Å². The van der Waals surface area contributed by atoms with Crippen LogP contribution in [0.4, 0.5) is 0 Å². The monoisotopic (exact) mass is 355 g/mol. The van der Waals surface area contributed by atoms with Gasteiger partial charge in [0.05, 0.1) is 19.1 Å². The molecule has 0 aromatic heterocycles. The van der Waals surface area contributed by atoms with E-state index in [-0.39, 0.29) is 12.1 Å². The Morgan fingerprint density at radius 3 is 3.05 bits per heavy atom. The smallest absolute Gasteiger partial charge is 0.310 e. The van der Waals surface area contributed by atoms with E-state index in [1.54, 1.807) is 0 Å². The molecule has 2 heterocycles. The van der Waals surface area contributed by atoms with Crippen molar-refractivity contribution >= 4 is 21.9 Å². The number of likely N-dealkylation sites (N-methyl/N-ethyl adjacent to an activating group) is 1. The van der Waals surface area contributed by atoms with Gasteiger partial charge in [0, 0.05) is 23.5 Å². The Morgan fingerprint density at radius 2 is 2.29 bits per heavy atom. The van der Waals surface area contributed by atoms with Gasteiger partial charge in [-0.25, -0.2) is 0 Å². The zero-order chi connectivity index (χ0) is 15.0. The molecule has 0 amide bonds. The van der Waals surface area contributed by atoms with Gasteiger partial charge in [-0.2, -0.15) is 0 Å². The van der Waals surface area contributed by atoms with Gasteiger partial charge in [0.1, 0.15) is 11.9 Å². The topological polar surface area (TPSA) is 59.0 Å². The summed E-state index contributed by atoms with van der Waals surface area (Å²) in [5, 5.41) is 9.22. The minimum Gasteiger partial charge on any atom is -0.488 e. The first kappa shape index (κ1) is 14.8. The van der Waals surface area contributed by atoms with E-state index in [9.17, 15) is 9.90 Å². The Bertz CT molecular complexity index is 550. The lowest BCUT2D eigenvalue weighted by atomic mass is 10.0. The molecule has 0 radical (unpaired) electrons. The quantitative estimate of drug-likeness (QED) is 0.891. The molecule has 2 aliphatic rings. The standard InChI is InChI=1S/C15H18BrNO4/c1-17(13-8-20-7-12(13)15(18)19)6-11-5-9-4-10(16)2-3-14(9)21-11/h2-4,11-13H,5-8H2,1H3,(H,18,19). The van der Waals surface area contributed by atoms with Crippen LogP contribution in [-0.4, -0.2) is 54.9 Å². The van der Waals surface area contributed by atoms with Crippen molar-refractivity contribution in [1.29, 1.82) is 0 Å². The molecule has 0 spiro atoms. The summed E-state index contributed by atoms with van der Waals surface area (Å²) in [7, 11) is 1.94. The highest BCUT2D eigenvalue weighted by molar-refractivity contribution is 9.10. The van der Waals surface area contributed by atoms with Crippen LogP contribution in [0.15, 0.2) is 22.7 Å². The summed E-state index contributed by atoms with van der Waals surface area (Å²) in [6.07, 6.45) is 0.916. The number of hydrogen-bond donors (Lipinski definition) is 1. The molecular formula is C15H18BrNO4. The second-order valence-corrected chi connectivity index (χ2v) is 6.60. The molecule has 3 unspecified atom stereocenters. The maximum Gasteiger partial charge on any atom is 0.310 e. The van der Waals surface area contributed by atoms with Gasteiger partial charge in [0.25, 0.3) is 0 Å². The van der Waals surface area contributed by atoms with Crippen LogP contribution in [0.1, 0.15) is 5.56 Å². The average molecular weight is 356 g/mol. The van der Waals surface area contributed by atoms with Gasteiger partial charge in [-0.3, -0.25) is 9.69 Å². The molecule has 6 heteroatoms. The summed E-state index contributed by atoms with van der Waals surface area (Å²) in [4.78, 5) is 13.3. The third kappa shape index (κ3) is 3.07. The van der Waals surface area contributed by atoms with Gasteiger partial charge in [-0.1, -0.05) is 15.9 Å². The van der Waals surface area contributed by atoms with Crippen LogP contribution in [-0.2, 0) is 16.0 Å². The van der Waals surface area contributed by atoms with Crippen LogP contribution in [0.3, 0.4) is 0 Å². The van der Waals surface area contributed by atoms with Crippen LogP contribution in [0.25, 0.3) is 0 Å². The van der Waals surface area contributed by atoms with Gasteiger partial charge in [-0.05, 0) is 30.8 Å². The number of aliphatic carboxylic acids is 1. The second kappa shape index (κ2) is 5.94. The van der Waals surface area contributed by atoms with E-state index >= 15 is 0 Å². The van der Waals surface area contributed by atoms with Crippen molar-refractivity contribution in [3.63, 3.8) is 0 Å². The van der Waals surface area contributed by atoms with Crippen LogP contribution in [0.5, 0.6) is 5.75 Å². The van der Waals surface area contributed by atoms with E-state index in [1.807, 2.05) is 19.2 Å². The lowest BCUT2D eigenvalue weighted by Crippen LogP contribution is -2.45. The number of hydrogen-bond acceptors (Lipinski definition) is 4. The molecule has 3 atom stereocenters. The lowest BCUT2D eigenvalue weighted by Gasteiger charge is -2.28. The molecule has 1 saturated heterocycles.